The Morgan fingerprint density at radius 3 is 1.87 bits per heavy atom. The first-order valence-corrected chi connectivity index (χ1v) is 10.8. The molecule has 31 heavy (non-hydrogen) atoms. The smallest absolute Gasteiger partial charge is 0.335 e. The van der Waals surface area contributed by atoms with Gasteiger partial charge in [0.1, 0.15) is 5.75 Å². The molecular formula is C28H30O3. The lowest BCUT2D eigenvalue weighted by molar-refractivity contribution is 0.0697. The third kappa shape index (κ3) is 3.97. The van der Waals surface area contributed by atoms with E-state index in [1.165, 1.54) is 29.5 Å². The molecule has 0 heterocycles. The average Bonchev–Trinajstić information content (AvgIpc) is 2.76. The predicted octanol–water partition coefficient (Wildman–Crippen LogP) is 7.08. The lowest BCUT2D eigenvalue weighted by atomic mass is 9.63. The minimum atomic E-state index is -0.919. The first-order valence-electron chi connectivity index (χ1n) is 10.8. The monoisotopic (exact) mass is 414 g/mol. The molecule has 0 fully saturated rings. The Kier molecular flexibility index (Phi) is 5.17. The van der Waals surface area contributed by atoms with Crippen LogP contribution >= 0.6 is 0 Å². The number of aromatic carboxylic acids is 1. The summed E-state index contributed by atoms with van der Waals surface area (Å²) in [5.41, 5.74) is 7.73. The highest BCUT2D eigenvalue weighted by molar-refractivity contribution is 5.88. The lowest BCUT2D eigenvalue weighted by Gasteiger charge is -2.42. The normalized spacial score (nSPS) is 16.4. The summed E-state index contributed by atoms with van der Waals surface area (Å²) in [4.78, 5) is 11.2. The van der Waals surface area contributed by atoms with E-state index in [0.717, 1.165) is 22.4 Å². The first-order chi connectivity index (χ1) is 14.6. The second kappa shape index (κ2) is 7.56. The van der Waals surface area contributed by atoms with Gasteiger partial charge in [0.2, 0.25) is 0 Å². The van der Waals surface area contributed by atoms with Crippen molar-refractivity contribution in [2.75, 3.05) is 7.11 Å². The third-order valence-corrected chi connectivity index (χ3v) is 6.79. The van der Waals surface area contributed by atoms with Crippen molar-refractivity contribution >= 4 is 5.97 Å². The number of fused-ring (bicyclic) bond motifs is 1. The van der Waals surface area contributed by atoms with Crippen LogP contribution in [0.25, 0.3) is 22.3 Å². The fraction of sp³-hybridized carbons (Fsp3) is 0.321. The highest BCUT2D eigenvalue weighted by atomic mass is 16.5. The molecule has 3 nitrogen and oxygen atoms in total. The molecule has 1 aliphatic rings. The molecule has 3 heteroatoms. The van der Waals surface area contributed by atoms with Gasteiger partial charge < -0.3 is 9.84 Å². The van der Waals surface area contributed by atoms with E-state index >= 15 is 0 Å². The van der Waals surface area contributed by atoms with Gasteiger partial charge in [0, 0.05) is 0 Å². The van der Waals surface area contributed by atoms with Crippen molar-refractivity contribution in [2.24, 2.45) is 0 Å². The van der Waals surface area contributed by atoms with Gasteiger partial charge in [-0.25, -0.2) is 4.79 Å². The van der Waals surface area contributed by atoms with Crippen LogP contribution in [0.5, 0.6) is 5.75 Å². The maximum atomic E-state index is 11.2. The van der Waals surface area contributed by atoms with Gasteiger partial charge in [-0.15, -0.1) is 0 Å². The number of benzene rings is 3. The molecule has 3 aromatic rings. The molecule has 0 unspecified atom stereocenters. The van der Waals surface area contributed by atoms with Crippen LogP contribution in [-0.4, -0.2) is 18.2 Å². The van der Waals surface area contributed by atoms with E-state index in [9.17, 15) is 9.90 Å². The maximum absolute atomic E-state index is 11.2. The van der Waals surface area contributed by atoms with E-state index in [-0.39, 0.29) is 16.4 Å². The Hall–Kier alpha value is -3.07. The summed E-state index contributed by atoms with van der Waals surface area (Å²) in [5.74, 6) is -0.135. The Labute approximate surface area is 184 Å². The van der Waals surface area contributed by atoms with E-state index in [4.69, 9.17) is 4.74 Å². The summed E-state index contributed by atoms with van der Waals surface area (Å²) >= 11 is 0. The Balaban J connectivity index is 1.82. The molecule has 1 aliphatic carbocycles. The number of rotatable bonds is 4. The van der Waals surface area contributed by atoms with E-state index in [1.807, 2.05) is 18.2 Å². The molecule has 3 aromatic carbocycles. The quantitative estimate of drug-likeness (QED) is 0.496. The van der Waals surface area contributed by atoms with Crippen LogP contribution in [0, 0.1) is 0 Å². The summed E-state index contributed by atoms with van der Waals surface area (Å²) in [5, 5.41) is 9.18. The van der Waals surface area contributed by atoms with Crippen LogP contribution in [0.1, 0.15) is 62.0 Å². The zero-order valence-electron chi connectivity index (χ0n) is 19.0. The van der Waals surface area contributed by atoms with Gasteiger partial charge in [0.05, 0.1) is 12.7 Å². The van der Waals surface area contributed by atoms with Gasteiger partial charge in [0.25, 0.3) is 0 Å². The van der Waals surface area contributed by atoms with Crippen molar-refractivity contribution in [3.63, 3.8) is 0 Å². The van der Waals surface area contributed by atoms with Crippen LogP contribution < -0.4 is 4.74 Å². The molecule has 4 rings (SSSR count). The van der Waals surface area contributed by atoms with Gasteiger partial charge in [0.15, 0.2) is 0 Å². The molecule has 0 saturated heterocycles. The van der Waals surface area contributed by atoms with Gasteiger partial charge in [-0.2, -0.15) is 0 Å². The number of hydrogen-bond acceptors (Lipinski definition) is 2. The zero-order chi connectivity index (χ0) is 22.4. The highest BCUT2D eigenvalue weighted by Crippen LogP contribution is 2.47. The predicted molar refractivity (Wildman–Crippen MR) is 126 cm³/mol. The zero-order valence-corrected chi connectivity index (χ0v) is 19.0. The minimum absolute atomic E-state index is 0.148. The van der Waals surface area contributed by atoms with Crippen molar-refractivity contribution in [1.82, 2.24) is 0 Å². The number of carbonyl (C=O) groups is 1. The molecule has 1 N–H and O–H groups in total. The number of hydrogen-bond donors (Lipinski definition) is 1. The molecule has 0 radical (unpaired) electrons. The van der Waals surface area contributed by atoms with Crippen LogP contribution in [0.4, 0.5) is 0 Å². The van der Waals surface area contributed by atoms with Gasteiger partial charge >= 0.3 is 5.97 Å². The van der Waals surface area contributed by atoms with Crippen molar-refractivity contribution in [2.45, 2.75) is 51.4 Å². The number of methoxy groups -OCH3 is 1. The lowest BCUT2D eigenvalue weighted by Crippen LogP contribution is -2.33. The van der Waals surface area contributed by atoms with E-state index in [2.05, 4.69) is 58.0 Å². The number of carboxylic acid groups (broad SMARTS) is 1. The molecule has 0 atom stereocenters. The summed E-state index contributed by atoms with van der Waals surface area (Å²) in [6.45, 7) is 9.36. The van der Waals surface area contributed by atoms with Crippen molar-refractivity contribution in [3.8, 4) is 28.0 Å². The number of carboxylic acids is 1. The molecule has 160 valence electrons. The molecule has 0 aromatic heterocycles. The molecule has 0 spiro atoms. The van der Waals surface area contributed by atoms with Crippen molar-refractivity contribution in [3.05, 3.63) is 77.4 Å². The summed E-state index contributed by atoms with van der Waals surface area (Å²) in [6.07, 6.45) is 2.37. The SMILES string of the molecule is COc1cc(-c2ccc(C(=O)O)cc2)cc(-c2ccc3c(c2)C(C)(C)CCC3(C)C)c1. The second-order valence-corrected chi connectivity index (χ2v) is 9.86. The summed E-state index contributed by atoms with van der Waals surface area (Å²) in [6, 6.07) is 20.0. The summed E-state index contributed by atoms with van der Waals surface area (Å²) < 4.78 is 5.59. The van der Waals surface area contributed by atoms with E-state index in [1.54, 1.807) is 19.2 Å². The molecule has 0 bridgehead atoms. The Morgan fingerprint density at radius 1 is 0.742 bits per heavy atom. The van der Waals surface area contributed by atoms with Crippen molar-refractivity contribution < 1.29 is 14.6 Å². The Morgan fingerprint density at radius 2 is 1.29 bits per heavy atom. The standard InChI is InChI=1S/C28H30O3/c1-27(2)12-13-28(3,4)25-17-20(10-11-24(25)27)22-14-21(15-23(16-22)31-5)18-6-8-19(9-7-18)26(29)30/h6-11,14-17H,12-13H2,1-5H3,(H,29,30). The van der Waals surface area contributed by atoms with Gasteiger partial charge in [-0.05, 0) is 87.4 Å². The molecule has 0 aliphatic heterocycles. The van der Waals surface area contributed by atoms with E-state index in [0.29, 0.717) is 0 Å². The fourth-order valence-electron chi connectivity index (χ4n) is 4.62. The van der Waals surface area contributed by atoms with Crippen molar-refractivity contribution in [1.29, 1.82) is 0 Å². The Bertz CT molecular complexity index is 1140. The third-order valence-electron chi connectivity index (χ3n) is 6.79. The molecule has 0 amide bonds. The molecular weight excluding hydrogens is 384 g/mol. The van der Waals surface area contributed by atoms with E-state index < -0.39 is 5.97 Å². The summed E-state index contributed by atoms with van der Waals surface area (Å²) in [7, 11) is 1.68. The first kappa shape index (κ1) is 21.2. The van der Waals surface area contributed by atoms with Crippen LogP contribution in [-0.2, 0) is 10.8 Å². The van der Waals surface area contributed by atoms with Crippen LogP contribution in [0.2, 0.25) is 0 Å². The molecule has 0 saturated carbocycles. The topological polar surface area (TPSA) is 46.5 Å². The van der Waals surface area contributed by atoms with Crippen LogP contribution in [0.3, 0.4) is 0 Å². The fourth-order valence-corrected chi connectivity index (χ4v) is 4.62. The maximum Gasteiger partial charge on any atom is 0.335 e. The highest BCUT2D eigenvalue weighted by Gasteiger charge is 2.37. The van der Waals surface area contributed by atoms with Gasteiger partial charge in [-0.1, -0.05) is 58.0 Å². The second-order valence-electron chi connectivity index (χ2n) is 9.86. The average molecular weight is 415 g/mol. The number of ether oxygens (including phenoxy) is 1. The van der Waals surface area contributed by atoms with Gasteiger partial charge in [-0.3, -0.25) is 0 Å². The largest absolute Gasteiger partial charge is 0.497 e. The van der Waals surface area contributed by atoms with Crippen LogP contribution in [0.15, 0.2) is 60.7 Å². The minimum Gasteiger partial charge on any atom is -0.497 e.